The highest BCUT2D eigenvalue weighted by molar-refractivity contribution is 6.31. The molecule has 2 amide bonds. The topological polar surface area (TPSA) is 59.1 Å². The maximum atomic E-state index is 12.8. The molecular formula is C20H29ClN2O4. The maximum Gasteiger partial charge on any atom is 0.257 e. The molecule has 0 radical (unpaired) electrons. The molecule has 150 valence electrons. The monoisotopic (exact) mass is 396 g/mol. The number of halogens is 1. The number of benzene rings is 1. The van der Waals surface area contributed by atoms with Gasteiger partial charge in [0.05, 0.1) is 12.2 Å². The van der Waals surface area contributed by atoms with E-state index in [1.54, 1.807) is 51.1 Å². The molecule has 1 aliphatic rings. The molecule has 0 aliphatic carbocycles. The number of rotatable bonds is 2. The van der Waals surface area contributed by atoms with Crippen LogP contribution in [-0.2, 0) is 9.53 Å². The first-order chi connectivity index (χ1) is 12.8. The molecule has 7 heteroatoms. The minimum absolute atomic E-state index is 0.0310. The standard InChI is InChI=1S/C20H29ClN2O4/c1-20(2,26-4)19(25)23-11-6-5-10-22(3)18(24)16-14-15(21)8-9-17(16)27-13-7-12-23/h8-9,14H,5-7,10-13H2,1-4H3. The lowest BCUT2D eigenvalue weighted by Crippen LogP contribution is -2.47. The smallest absolute Gasteiger partial charge is 0.257 e. The van der Waals surface area contributed by atoms with Gasteiger partial charge in [0.15, 0.2) is 0 Å². The zero-order chi connectivity index (χ0) is 20.0. The highest BCUT2D eigenvalue weighted by Gasteiger charge is 2.31. The zero-order valence-electron chi connectivity index (χ0n) is 16.6. The van der Waals surface area contributed by atoms with E-state index in [4.69, 9.17) is 21.1 Å². The van der Waals surface area contributed by atoms with Crippen LogP contribution in [0.2, 0.25) is 5.02 Å². The number of hydrogen-bond acceptors (Lipinski definition) is 4. The fourth-order valence-electron chi connectivity index (χ4n) is 2.97. The number of fused-ring (bicyclic) bond motifs is 1. The Bertz CT molecular complexity index is 678. The van der Waals surface area contributed by atoms with Crippen molar-refractivity contribution in [1.29, 1.82) is 0 Å². The van der Waals surface area contributed by atoms with Gasteiger partial charge in [-0.1, -0.05) is 11.6 Å². The number of hydrogen-bond donors (Lipinski definition) is 0. The summed E-state index contributed by atoms with van der Waals surface area (Å²) in [6.45, 7) is 5.77. The van der Waals surface area contributed by atoms with Gasteiger partial charge < -0.3 is 19.3 Å². The lowest BCUT2D eigenvalue weighted by atomic mass is 10.1. The molecule has 0 atom stereocenters. The van der Waals surface area contributed by atoms with Crippen LogP contribution in [0.3, 0.4) is 0 Å². The summed E-state index contributed by atoms with van der Waals surface area (Å²) in [6.07, 6.45) is 2.28. The summed E-state index contributed by atoms with van der Waals surface area (Å²) in [5, 5.41) is 0.502. The Morgan fingerprint density at radius 2 is 1.85 bits per heavy atom. The first-order valence-corrected chi connectivity index (χ1v) is 9.66. The quantitative estimate of drug-likeness (QED) is 0.770. The van der Waals surface area contributed by atoms with Crippen LogP contribution in [0.1, 0.15) is 43.5 Å². The largest absolute Gasteiger partial charge is 0.493 e. The van der Waals surface area contributed by atoms with Gasteiger partial charge in [-0.3, -0.25) is 9.59 Å². The number of carbonyl (C=O) groups excluding carboxylic acids is 2. The van der Waals surface area contributed by atoms with Gasteiger partial charge in [0.25, 0.3) is 11.8 Å². The average molecular weight is 397 g/mol. The van der Waals surface area contributed by atoms with Crippen molar-refractivity contribution in [2.45, 2.75) is 38.7 Å². The van der Waals surface area contributed by atoms with Crippen LogP contribution >= 0.6 is 11.6 Å². The predicted molar refractivity (Wildman–Crippen MR) is 105 cm³/mol. The molecule has 0 fully saturated rings. The van der Waals surface area contributed by atoms with Crippen LogP contribution in [0.4, 0.5) is 0 Å². The lowest BCUT2D eigenvalue weighted by Gasteiger charge is -2.31. The van der Waals surface area contributed by atoms with Crippen LogP contribution in [-0.4, -0.2) is 67.6 Å². The Morgan fingerprint density at radius 3 is 2.56 bits per heavy atom. The van der Waals surface area contributed by atoms with Gasteiger partial charge in [0.1, 0.15) is 11.4 Å². The van der Waals surface area contributed by atoms with Crippen molar-refractivity contribution >= 4 is 23.4 Å². The van der Waals surface area contributed by atoms with Crippen molar-refractivity contribution in [2.24, 2.45) is 0 Å². The molecule has 0 saturated carbocycles. The Morgan fingerprint density at radius 1 is 1.19 bits per heavy atom. The molecule has 1 heterocycles. The van der Waals surface area contributed by atoms with Crippen molar-refractivity contribution in [3.05, 3.63) is 28.8 Å². The SMILES string of the molecule is COC(C)(C)C(=O)N1CCCCN(C)C(=O)c2cc(Cl)ccc2OCCC1. The fraction of sp³-hybridized carbons (Fsp3) is 0.600. The maximum absolute atomic E-state index is 12.8. The second kappa shape index (κ2) is 9.42. The van der Waals surface area contributed by atoms with E-state index < -0.39 is 5.60 Å². The van der Waals surface area contributed by atoms with Crippen molar-refractivity contribution in [1.82, 2.24) is 9.80 Å². The van der Waals surface area contributed by atoms with E-state index in [-0.39, 0.29) is 11.8 Å². The molecule has 0 unspecified atom stereocenters. The summed E-state index contributed by atoms with van der Waals surface area (Å²) in [7, 11) is 3.31. The normalized spacial score (nSPS) is 17.3. The third-order valence-corrected chi connectivity index (χ3v) is 5.07. The fourth-order valence-corrected chi connectivity index (χ4v) is 3.15. The van der Waals surface area contributed by atoms with Gasteiger partial charge in [-0.15, -0.1) is 0 Å². The van der Waals surface area contributed by atoms with Crippen molar-refractivity contribution in [3.8, 4) is 5.75 Å². The molecule has 1 aromatic carbocycles. The van der Waals surface area contributed by atoms with E-state index >= 15 is 0 Å². The van der Waals surface area contributed by atoms with Gasteiger partial charge in [0.2, 0.25) is 0 Å². The van der Waals surface area contributed by atoms with Gasteiger partial charge >= 0.3 is 0 Å². The molecule has 0 bridgehead atoms. The molecule has 0 saturated heterocycles. The van der Waals surface area contributed by atoms with E-state index in [2.05, 4.69) is 0 Å². The van der Waals surface area contributed by atoms with Crippen LogP contribution in [0.15, 0.2) is 18.2 Å². The molecule has 27 heavy (non-hydrogen) atoms. The predicted octanol–water partition coefficient (Wildman–Crippen LogP) is 3.23. The second-order valence-electron chi connectivity index (χ2n) is 7.28. The van der Waals surface area contributed by atoms with Gasteiger partial charge in [-0.2, -0.15) is 0 Å². The summed E-state index contributed by atoms with van der Waals surface area (Å²) in [6, 6.07) is 5.08. The minimum Gasteiger partial charge on any atom is -0.493 e. The third-order valence-electron chi connectivity index (χ3n) is 4.83. The molecule has 1 aliphatic heterocycles. The molecule has 2 rings (SSSR count). The Kier molecular flexibility index (Phi) is 7.50. The molecule has 0 N–H and O–H groups in total. The summed E-state index contributed by atoms with van der Waals surface area (Å²) in [5.74, 6) is 0.377. The average Bonchev–Trinajstić information content (AvgIpc) is 2.66. The van der Waals surface area contributed by atoms with Crippen LogP contribution < -0.4 is 4.74 Å². The molecule has 0 aromatic heterocycles. The van der Waals surface area contributed by atoms with Crippen molar-refractivity contribution in [3.63, 3.8) is 0 Å². The first-order valence-electron chi connectivity index (χ1n) is 9.28. The van der Waals surface area contributed by atoms with E-state index in [0.29, 0.717) is 49.0 Å². The Labute approximate surface area is 166 Å². The van der Waals surface area contributed by atoms with Crippen molar-refractivity contribution in [2.75, 3.05) is 40.4 Å². The summed E-state index contributed by atoms with van der Waals surface area (Å²) in [5.41, 5.74) is -0.386. The second-order valence-corrected chi connectivity index (χ2v) is 7.72. The molecule has 1 aromatic rings. The van der Waals surface area contributed by atoms with E-state index in [1.807, 2.05) is 4.90 Å². The van der Waals surface area contributed by atoms with Crippen LogP contribution in [0, 0.1) is 0 Å². The number of amides is 2. The summed E-state index contributed by atoms with van der Waals surface area (Å²) in [4.78, 5) is 29.0. The van der Waals surface area contributed by atoms with Gasteiger partial charge in [0, 0.05) is 38.8 Å². The first kappa shape index (κ1) is 21.5. The zero-order valence-corrected chi connectivity index (χ0v) is 17.3. The molecule has 6 nitrogen and oxygen atoms in total. The molecule has 0 spiro atoms. The lowest BCUT2D eigenvalue weighted by molar-refractivity contribution is -0.151. The van der Waals surface area contributed by atoms with Gasteiger partial charge in [-0.25, -0.2) is 0 Å². The Hall–Kier alpha value is -1.79. The number of nitrogens with zero attached hydrogens (tertiary/aromatic N) is 2. The van der Waals surface area contributed by atoms with Crippen molar-refractivity contribution < 1.29 is 19.1 Å². The number of carbonyl (C=O) groups is 2. The highest BCUT2D eigenvalue weighted by atomic mass is 35.5. The Balaban J connectivity index is 2.18. The highest BCUT2D eigenvalue weighted by Crippen LogP contribution is 2.25. The van der Waals surface area contributed by atoms with E-state index in [0.717, 1.165) is 12.8 Å². The van der Waals surface area contributed by atoms with Crippen LogP contribution in [0.25, 0.3) is 0 Å². The number of methoxy groups -OCH3 is 1. The summed E-state index contributed by atoms with van der Waals surface area (Å²) < 4.78 is 11.2. The van der Waals surface area contributed by atoms with Crippen LogP contribution in [0.5, 0.6) is 5.75 Å². The minimum atomic E-state index is -0.856. The van der Waals surface area contributed by atoms with Gasteiger partial charge in [-0.05, 0) is 51.3 Å². The van der Waals surface area contributed by atoms with E-state index in [1.165, 1.54) is 0 Å². The molecular weight excluding hydrogens is 368 g/mol. The number of ether oxygens (including phenoxy) is 2. The summed E-state index contributed by atoms with van der Waals surface area (Å²) >= 11 is 6.07. The van der Waals surface area contributed by atoms with E-state index in [9.17, 15) is 9.59 Å². The third kappa shape index (κ3) is 5.59.